The molecule has 0 bridgehead atoms. The van der Waals surface area contributed by atoms with Crippen LogP contribution in [0.2, 0.25) is 0 Å². The molecular formula is C27H28N2O2. The Morgan fingerprint density at radius 1 is 0.935 bits per heavy atom. The van der Waals surface area contributed by atoms with Crippen LogP contribution in [0.15, 0.2) is 96.0 Å². The van der Waals surface area contributed by atoms with Gasteiger partial charge in [-0.3, -0.25) is 9.89 Å². The van der Waals surface area contributed by atoms with E-state index in [4.69, 9.17) is 9.73 Å². The second-order valence-corrected chi connectivity index (χ2v) is 8.16. The maximum Gasteiger partial charge on any atom is 0.335 e. The molecule has 0 saturated carbocycles. The van der Waals surface area contributed by atoms with E-state index in [1.54, 1.807) is 0 Å². The molecule has 4 nitrogen and oxygen atoms in total. The first kappa shape index (κ1) is 21.0. The number of carbonyl (C=O) groups excluding carboxylic acids is 1. The third kappa shape index (κ3) is 4.44. The zero-order chi connectivity index (χ0) is 21.7. The van der Waals surface area contributed by atoms with Gasteiger partial charge in [-0.25, -0.2) is 4.79 Å². The monoisotopic (exact) mass is 412 g/mol. The first-order chi connectivity index (χ1) is 15.1. The molecule has 158 valence electrons. The first-order valence-electron chi connectivity index (χ1n) is 10.7. The highest BCUT2D eigenvalue weighted by atomic mass is 16.5. The van der Waals surface area contributed by atoms with Crippen LogP contribution in [0.25, 0.3) is 0 Å². The standard InChI is InChI=1S/C27H28N2O2/c1-21-18-29(19-22-12-6-3-7-13-22)20-27(21,26(30)31-2)28-25(23-14-8-4-9-15-23)24-16-10-5-11-17-24/h3-17,21H,18-20H2,1-2H3. The fourth-order valence-corrected chi connectivity index (χ4v) is 4.38. The second-order valence-electron chi connectivity index (χ2n) is 8.16. The first-order valence-corrected chi connectivity index (χ1v) is 10.7. The fourth-order valence-electron chi connectivity index (χ4n) is 4.38. The van der Waals surface area contributed by atoms with Crippen LogP contribution < -0.4 is 0 Å². The summed E-state index contributed by atoms with van der Waals surface area (Å²) in [7, 11) is 1.46. The highest BCUT2D eigenvalue weighted by Gasteiger charge is 2.51. The lowest BCUT2D eigenvalue weighted by Crippen LogP contribution is -2.45. The lowest BCUT2D eigenvalue weighted by Gasteiger charge is -2.27. The predicted octanol–water partition coefficient (Wildman–Crippen LogP) is 4.59. The van der Waals surface area contributed by atoms with Gasteiger partial charge in [-0.2, -0.15) is 0 Å². The molecular weight excluding hydrogens is 384 g/mol. The average molecular weight is 413 g/mol. The lowest BCUT2D eigenvalue weighted by atomic mass is 9.88. The summed E-state index contributed by atoms with van der Waals surface area (Å²) >= 11 is 0. The van der Waals surface area contributed by atoms with Crippen LogP contribution in [0.5, 0.6) is 0 Å². The molecule has 1 aliphatic heterocycles. The Kier molecular flexibility index (Phi) is 6.28. The van der Waals surface area contributed by atoms with Crippen molar-refractivity contribution >= 4 is 11.7 Å². The van der Waals surface area contributed by atoms with E-state index in [9.17, 15) is 4.79 Å². The zero-order valence-corrected chi connectivity index (χ0v) is 18.1. The van der Waals surface area contributed by atoms with Crippen LogP contribution in [-0.4, -0.2) is 42.3 Å². The molecule has 0 N–H and O–H groups in total. The SMILES string of the molecule is COC(=O)C1(N=C(c2ccccc2)c2ccccc2)CN(Cc2ccccc2)CC1C. The van der Waals surface area contributed by atoms with Gasteiger partial charge in [0.15, 0.2) is 5.54 Å². The van der Waals surface area contributed by atoms with Gasteiger partial charge in [0.05, 0.1) is 12.8 Å². The van der Waals surface area contributed by atoms with Crippen molar-refractivity contribution in [2.75, 3.05) is 20.2 Å². The lowest BCUT2D eigenvalue weighted by molar-refractivity contribution is -0.147. The van der Waals surface area contributed by atoms with E-state index in [0.29, 0.717) is 6.54 Å². The highest BCUT2D eigenvalue weighted by Crippen LogP contribution is 2.35. The summed E-state index contributed by atoms with van der Waals surface area (Å²) in [6.45, 7) is 4.19. The number of methoxy groups -OCH3 is 1. The minimum absolute atomic E-state index is 0.0195. The Bertz CT molecular complexity index is 993. The van der Waals surface area contributed by atoms with Crippen LogP contribution in [0.3, 0.4) is 0 Å². The Balaban J connectivity index is 1.77. The molecule has 1 aliphatic rings. The largest absolute Gasteiger partial charge is 0.467 e. The van der Waals surface area contributed by atoms with E-state index < -0.39 is 5.54 Å². The van der Waals surface area contributed by atoms with E-state index in [-0.39, 0.29) is 11.9 Å². The second kappa shape index (κ2) is 9.27. The molecule has 3 aromatic rings. The molecule has 0 spiro atoms. The highest BCUT2D eigenvalue weighted by molar-refractivity contribution is 6.14. The number of likely N-dealkylation sites (tertiary alicyclic amines) is 1. The van der Waals surface area contributed by atoms with E-state index >= 15 is 0 Å². The number of hydrogen-bond donors (Lipinski definition) is 0. The van der Waals surface area contributed by atoms with Gasteiger partial charge in [0.1, 0.15) is 0 Å². The summed E-state index contributed by atoms with van der Waals surface area (Å²) in [6.07, 6.45) is 0. The Morgan fingerprint density at radius 2 is 1.45 bits per heavy atom. The quantitative estimate of drug-likeness (QED) is 0.439. The molecule has 1 heterocycles. The minimum Gasteiger partial charge on any atom is -0.467 e. The number of carbonyl (C=O) groups is 1. The molecule has 0 radical (unpaired) electrons. The molecule has 0 amide bonds. The average Bonchev–Trinajstić information content (AvgIpc) is 3.14. The Labute approximate surface area is 184 Å². The van der Waals surface area contributed by atoms with Crippen LogP contribution in [0.1, 0.15) is 23.6 Å². The summed E-state index contributed by atoms with van der Waals surface area (Å²) in [5.41, 5.74) is 3.08. The third-order valence-corrected chi connectivity index (χ3v) is 6.01. The topological polar surface area (TPSA) is 41.9 Å². The minimum atomic E-state index is -0.954. The normalized spacial score (nSPS) is 20.9. The number of aliphatic imine (C=N–C) groups is 1. The third-order valence-electron chi connectivity index (χ3n) is 6.01. The van der Waals surface area contributed by atoms with Crippen LogP contribution >= 0.6 is 0 Å². The molecule has 0 aliphatic carbocycles. The summed E-state index contributed by atoms with van der Waals surface area (Å²) in [4.78, 5) is 20.7. The van der Waals surface area contributed by atoms with E-state index in [1.165, 1.54) is 12.7 Å². The molecule has 4 heteroatoms. The number of hydrogen-bond acceptors (Lipinski definition) is 4. The van der Waals surface area contributed by atoms with Crippen molar-refractivity contribution in [3.63, 3.8) is 0 Å². The van der Waals surface area contributed by atoms with Crippen molar-refractivity contribution in [1.82, 2.24) is 4.90 Å². The van der Waals surface area contributed by atoms with Gasteiger partial charge >= 0.3 is 5.97 Å². The molecule has 1 saturated heterocycles. The van der Waals surface area contributed by atoms with Gasteiger partial charge in [0.25, 0.3) is 0 Å². The van der Waals surface area contributed by atoms with E-state index in [1.807, 2.05) is 78.9 Å². The van der Waals surface area contributed by atoms with Gasteiger partial charge in [0, 0.05) is 36.7 Å². The van der Waals surface area contributed by atoms with E-state index in [0.717, 1.165) is 29.9 Å². The Hall–Kier alpha value is -3.24. The maximum atomic E-state index is 13.2. The summed E-state index contributed by atoms with van der Waals surface area (Å²) in [5.74, 6) is -0.258. The number of ether oxygens (including phenoxy) is 1. The molecule has 31 heavy (non-hydrogen) atoms. The summed E-state index contributed by atoms with van der Waals surface area (Å²) in [6, 6.07) is 30.5. The number of rotatable bonds is 6. The van der Waals surface area contributed by atoms with E-state index in [2.05, 4.69) is 24.0 Å². The van der Waals surface area contributed by atoms with Crippen molar-refractivity contribution in [3.05, 3.63) is 108 Å². The molecule has 1 fully saturated rings. The molecule has 3 aromatic carbocycles. The van der Waals surface area contributed by atoms with Gasteiger partial charge in [-0.1, -0.05) is 97.9 Å². The molecule has 2 atom stereocenters. The van der Waals surface area contributed by atoms with Crippen LogP contribution in [0, 0.1) is 5.92 Å². The van der Waals surface area contributed by atoms with Gasteiger partial charge < -0.3 is 4.74 Å². The number of nitrogens with zero attached hydrogens (tertiary/aromatic N) is 2. The summed E-state index contributed by atoms with van der Waals surface area (Å²) in [5, 5.41) is 0. The van der Waals surface area contributed by atoms with Crippen molar-refractivity contribution in [2.24, 2.45) is 10.9 Å². The summed E-state index contributed by atoms with van der Waals surface area (Å²) < 4.78 is 5.31. The number of benzene rings is 3. The fraction of sp³-hybridized carbons (Fsp3) is 0.259. The predicted molar refractivity (Wildman–Crippen MR) is 124 cm³/mol. The van der Waals surface area contributed by atoms with Gasteiger partial charge in [-0.15, -0.1) is 0 Å². The van der Waals surface area contributed by atoms with Crippen molar-refractivity contribution in [2.45, 2.75) is 19.0 Å². The van der Waals surface area contributed by atoms with Gasteiger partial charge in [-0.05, 0) is 5.56 Å². The van der Waals surface area contributed by atoms with Crippen molar-refractivity contribution in [1.29, 1.82) is 0 Å². The van der Waals surface area contributed by atoms with Crippen LogP contribution in [0.4, 0.5) is 0 Å². The zero-order valence-electron chi connectivity index (χ0n) is 18.1. The van der Waals surface area contributed by atoms with Crippen molar-refractivity contribution in [3.8, 4) is 0 Å². The maximum absolute atomic E-state index is 13.2. The molecule has 2 unspecified atom stereocenters. The Morgan fingerprint density at radius 3 is 1.97 bits per heavy atom. The van der Waals surface area contributed by atoms with Crippen molar-refractivity contribution < 1.29 is 9.53 Å². The van der Waals surface area contributed by atoms with Gasteiger partial charge in [0.2, 0.25) is 0 Å². The van der Waals surface area contributed by atoms with Crippen LogP contribution in [-0.2, 0) is 16.1 Å². The molecule has 4 rings (SSSR count). The smallest absolute Gasteiger partial charge is 0.335 e. The number of esters is 1. The molecule has 0 aromatic heterocycles.